The minimum atomic E-state index is -0.268. The van der Waals surface area contributed by atoms with Crippen LogP contribution in [0.25, 0.3) is 60.9 Å². The third-order valence-electron chi connectivity index (χ3n) is 9.62. The Morgan fingerprint density at radius 1 is 0.625 bits per heavy atom. The summed E-state index contributed by atoms with van der Waals surface area (Å²) in [6, 6.07) is 44.4. The van der Waals surface area contributed by atoms with E-state index in [1.165, 1.54) is 10.8 Å². The van der Waals surface area contributed by atoms with Gasteiger partial charge in [-0.05, 0) is 58.4 Å². The van der Waals surface area contributed by atoms with E-state index < -0.39 is 0 Å². The topological polar surface area (TPSA) is 74.7 Å². The molecule has 0 radical (unpaired) electrons. The Hall–Kier alpha value is -6.11. The van der Waals surface area contributed by atoms with Crippen molar-refractivity contribution in [3.63, 3.8) is 0 Å². The molecule has 0 aliphatic carbocycles. The lowest BCUT2D eigenvalue weighted by Crippen LogP contribution is -2.45. The number of furan rings is 2. The van der Waals surface area contributed by atoms with Crippen LogP contribution in [0.3, 0.4) is 0 Å². The van der Waals surface area contributed by atoms with Crippen LogP contribution in [0.5, 0.6) is 0 Å². The van der Waals surface area contributed by atoms with Crippen LogP contribution < -0.4 is 16.0 Å². The molecule has 0 spiro atoms. The van der Waals surface area contributed by atoms with Crippen LogP contribution in [-0.2, 0) is 6.54 Å². The summed E-state index contributed by atoms with van der Waals surface area (Å²) in [5.41, 5.74) is 8.85. The van der Waals surface area contributed by atoms with Crippen LogP contribution in [0.1, 0.15) is 40.3 Å². The van der Waals surface area contributed by atoms with E-state index in [0.29, 0.717) is 6.54 Å². The van der Waals surface area contributed by atoms with Gasteiger partial charge in [-0.2, -0.15) is 0 Å². The third-order valence-corrected chi connectivity index (χ3v) is 9.62. The lowest BCUT2D eigenvalue weighted by atomic mass is 9.95. The van der Waals surface area contributed by atoms with Gasteiger partial charge in [-0.3, -0.25) is 5.32 Å². The Bertz CT molecular complexity index is 2590. The Balaban J connectivity index is 1.18. The molecule has 0 amide bonds. The van der Waals surface area contributed by atoms with Crippen LogP contribution in [0, 0.1) is 0 Å². The fourth-order valence-electron chi connectivity index (χ4n) is 7.30. The van der Waals surface area contributed by atoms with Gasteiger partial charge in [0.25, 0.3) is 0 Å². The van der Waals surface area contributed by atoms with Crippen LogP contribution in [0.2, 0.25) is 0 Å². The first-order valence-corrected chi connectivity index (χ1v) is 16.3. The summed E-state index contributed by atoms with van der Waals surface area (Å²) in [4.78, 5) is 5.36. The first-order chi connectivity index (χ1) is 23.8. The number of hydrogen-bond donors (Lipinski definition) is 3. The van der Waals surface area contributed by atoms with Crippen molar-refractivity contribution in [2.24, 2.45) is 4.99 Å². The van der Waals surface area contributed by atoms with Crippen LogP contribution in [-0.4, -0.2) is 5.84 Å². The lowest BCUT2D eigenvalue weighted by Gasteiger charge is -2.32. The standard InChI is InChI=1S/C42H30N4O2/c1-2-10-26(11-3-1)40-44-41(28-18-17-25-9-4-5-12-27(25)23-28)46-42(45-40)34-20-19-32(39-37(34)33-21-22-43-24-36(33)48-39)31-15-8-14-30-29-13-6-7-16-35(29)47-38(30)31/h1-23,40-41,43-44H,24H2,(H,45,46). The molecule has 0 saturated carbocycles. The quantitative estimate of drug-likeness (QED) is 0.182. The van der Waals surface area contributed by atoms with Gasteiger partial charge in [0.2, 0.25) is 0 Å². The number of para-hydroxylation sites is 2. The Kier molecular flexibility index (Phi) is 6.04. The van der Waals surface area contributed by atoms with Gasteiger partial charge in [0.1, 0.15) is 40.7 Å². The molecule has 0 fully saturated rings. The minimum Gasteiger partial charge on any atom is -0.458 e. The largest absolute Gasteiger partial charge is 0.458 e. The molecule has 6 heteroatoms. The number of benzene rings is 6. The average molecular weight is 623 g/mol. The van der Waals surface area contributed by atoms with Crippen molar-refractivity contribution >= 4 is 55.6 Å². The Morgan fingerprint density at radius 3 is 2.35 bits per heavy atom. The summed E-state index contributed by atoms with van der Waals surface area (Å²) in [6.07, 6.45) is 3.68. The van der Waals surface area contributed by atoms with E-state index in [-0.39, 0.29) is 12.3 Å². The highest BCUT2D eigenvalue weighted by Crippen LogP contribution is 2.43. The number of amidine groups is 1. The molecule has 2 unspecified atom stereocenters. The van der Waals surface area contributed by atoms with E-state index in [4.69, 9.17) is 13.8 Å². The van der Waals surface area contributed by atoms with Crippen molar-refractivity contribution in [2.75, 3.05) is 0 Å². The molecular weight excluding hydrogens is 592 g/mol. The predicted molar refractivity (Wildman–Crippen MR) is 193 cm³/mol. The molecule has 2 aliphatic rings. The normalized spacial score (nSPS) is 17.4. The van der Waals surface area contributed by atoms with Crippen LogP contribution in [0.4, 0.5) is 0 Å². The van der Waals surface area contributed by atoms with E-state index >= 15 is 0 Å². The Labute approximate surface area is 276 Å². The highest BCUT2D eigenvalue weighted by Gasteiger charge is 2.29. The first kappa shape index (κ1) is 27.0. The summed E-state index contributed by atoms with van der Waals surface area (Å²) < 4.78 is 13.2. The molecule has 48 heavy (non-hydrogen) atoms. The van der Waals surface area contributed by atoms with E-state index in [1.807, 2.05) is 24.4 Å². The van der Waals surface area contributed by atoms with E-state index in [0.717, 1.165) is 77.9 Å². The van der Waals surface area contributed by atoms with Crippen LogP contribution in [0.15, 0.2) is 147 Å². The molecule has 6 aromatic carbocycles. The fourth-order valence-corrected chi connectivity index (χ4v) is 7.30. The molecule has 2 atom stereocenters. The number of nitrogens with zero attached hydrogens (tertiary/aromatic N) is 1. The maximum atomic E-state index is 6.75. The predicted octanol–water partition coefficient (Wildman–Crippen LogP) is 9.56. The first-order valence-electron chi connectivity index (χ1n) is 16.3. The molecule has 10 rings (SSSR count). The molecule has 2 aromatic heterocycles. The zero-order chi connectivity index (χ0) is 31.6. The maximum absolute atomic E-state index is 6.75. The van der Waals surface area contributed by atoms with Gasteiger partial charge in [0, 0.05) is 38.4 Å². The Morgan fingerprint density at radius 2 is 1.42 bits per heavy atom. The van der Waals surface area contributed by atoms with Crippen molar-refractivity contribution in [1.82, 2.24) is 16.0 Å². The van der Waals surface area contributed by atoms with Gasteiger partial charge >= 0.3 is 0 Å². The van der Waals surface area contributed by atoms with Gasteiger partial charge in [0.05, 0.1) is 6.54 Å². The van der Waals surface area contributed by atoms with Gasteiger partial charge in [-0.15, -0.1) is 0 Å². The molecule has 2 aliphatic heterocycles. The summed E-state index contributed by atoms with van der Waals surface area (Å²) in [5, 5.41) is 16.5. The maximum Gasteiger partial charge on any atom is 0.143 e. The van der Waals surface area contributed by atoms with Crippen LogP contribution >= 0.6 is 0 Å². The average Bonchev–Trinajstić information content (AvgIpc) is 3.74. The van der Waals surface area contributed by atoms with Gasteiger partial charge in [-0.25, -0.2) is 4.99 Å². The summed E-state index contributed by atoms with van der Waals surface area (Å²) in [6.45, 7) is 0.613. The summed E-state index contributed by atoms with van der Waals surface area (Å²) in [5.74, 6) is 1.72. The summed E-state index contributed by atoms with van der Waals surface area (Å²) in [7, 11) is 0. The van der Waals surface area contributed by atoms with Crippen molar-refractivity contribution < 1.29 is 8.83 Å². The minimum absolute atomic E-state index is 0.158. The molecule has 0 saturated heterocycles. The number of aliphatic imine (C=N–C) groups is 1. The molecule has 0 bridgehead atoms. The van der Waals surface area contributed by atoms with Gasteiger partial charge in [0.15, 0.2) is 0 Å². The smallest absolute Gasteiger partial charge is 0.143 e. The zero-order valence-corrected chi connectivity index (χ0v) is 25.9. The van der Waals surface area contributed by atoms with Crippen molar-refractivity contribution in [1.29, 1.82) is 0 Å². The van der Waals surface area contributed by atoms with Crippen molar-refractivity contribution in [3.8, 4) is 11.1 Å². The van der Waals surface area contributed by atoms with Crippen molar-refractivity contribution in [2.45, 2.75) is 18.9 Å². The fraction of sp³-hybridized carbons (Fsp3) is 0.0714. The molecule has 3 N–H and O–H groups in total. The summed E-state index contributed by atoms with van der Waals surface area (Å²) >= 11 is 0. The van der Waals surface area contributed by atoms with E-state index in [9.17, 15) is 0 Å². The number of nitrogens with one attached hydrogen (secondary N) is 3. The van der Waals surface area contributed by atoms with Gasteiger partial charge < -0.3 is 19.5 Å². The number of rotatable bonds is 4. The third kappa shape index (κ3) is 4.27. The molecule has 8 aromatic rings. The lowest BCUT2D eigenvalue weighted by molar-refractivity contribution is 0.409. The van der Waals surface area contributed by atoms with Gasteiger partial charge in [-0.1, -0.05) is 103 Å². The zero-order valence-electron chi connectivity index (χ0n) is 25.9. The second kappa shape index (κ2) is 10.7. The monoisotopic (exact) mass is 622 g/mol. The molecule has 6 nitrogen and oxygen atoms in total. The number of fused-ring (bicyclic) bond motifs is 7. The number of hydrogen-bond acceptors (Lipinski definition) is 6. The van der Waals surface area contributed by atoms with Crippen molar-refractivity contribution in [3.05, 3.63) is 162 Å². The SMILES string of the molecule is C1=Cc2c(oc3c(-c4cccc5c4oc4ccccc45)ccc(C4=NC(c5ccc6ccccc6c5)NC(c5ccccc5)N4)c23)CN1. The molecular formula is C42H30N4O2. The second-order valence-corrected chi connectivity index (χ2v) is 12.4. The van der Waals surface area contributed by atoms with E-state index in [2.05, 4.69) is 131 Å². The molecule has 4 heterocycles. The second-order valence-electron chi connectivity index (χ2n) is 12.4. The molecule has 230 valence electrons. The highest BCUT2D eigenvalue weighted by atomic mass is 16.3. The highest BCUT2D eigenvalue weighted by molar-refractivity contribution is 6.17. The van der Waals surface area contributed by atoms with E-state index in [1.54, 1.807) is 0 Å².